The van der Waals surface area contributed by atoms with Gasteiger partial charge in [0.2, 0.25) is 0 Å². The van der Waals surface area contributed by atoms with E-state index in [4.69, 9.17) is 4.74 Å². The Morgan fingerprint density at radius 3 is 2.35 bits per heavy atom. The summed E-state index contributed by atoms with van der Waals surface area (Å²) in [6.07, 6.45) is 1.84. The maximum absolute atomic E-state index is 5.36. The molecule has 0 unspecified atom stereocenters. The molecule has 1 aromatic carbocycles. The summed E-state index contributed by atoms with van der Waals surface area (Å²) < 4.78 is 6.39. The van der Waals surface area contributed by atoms with Crippen molar-refractivity contribution < 1.29 is 4.74 Å². The summed E-state index contributed by atoms with van der Waals surface area (Å²) in [5.74, 6) is 1.85. The first-order chi connectivity index (χ1) is 9.43. The van der Waals surface area contributed by atoms with Crippen LogP contribution in [-0.4, -0.2) is 19.1 Å². The molecule has 1 aromatic heterocycles. The molecule has 2 aromatic rings. The zero-order valence-corrected chi connectivity index (χ0v) is 14.1. The second kappa shape index (κ2) is 5.83. The van der Waals surface area contributed by atoms with Crippen LogP contribution in [0.1, 0.15) is 16.7 Å². The minimum absolute atomic E-state index is 0.916. The minimum Gasteiger partial charge on any atom is -0.496 e. The van der Waals surface area contributed by atoms with Crippen molar-refractivity contribution in [3.63, 3.8) is 0 Å². The summed E-state index contributed by atoms with van der Waals surface area (Å²) in [4.78, 5) is 6.57. The summed E-state index contributed by atoms with van der Waals surface area (Å²) >= 11 is 3.48. The van der Waals surface area contributed by atoms with Crippen LogP contribution < -0.4 is 9.64 Å². The second-order valence-electron chi connectivity index (χ2n) is 4.96. The predicted molar refractivity (Wildman–Crippen MR) is 87.2 cm³/mol. The Kier molecular flexibility index (Phi) is 4.33. The zero-order valence-electron chi connectivity index (χ0n) is 12.5. The van der Waals surface area contributed by atoms with Gasteiger partial charge in [0, 0.05) is 23.4 Å². The first-order valence-corrected chi connectivity index (χ1v) is 7.24. The smallest absolute Gasteiger partial charge is 0.132 e. The normalized spacial score (nSPS) is 10.5. The van der Waals surface area contributed by atoms with Gasteiger partial charge in [-0.3, -0.25) is 0 Å². The van der Waals surface area contributed by atoms with Crippen molar-refractivity contribution in [3.05, 3.63) is 45.6 Å². The number of aryl methyl sites for hydroxylation is 3. The number of halogens is 1. The van der Waals surface area contributed by atoms with Crippen LogP contribution in [0.25, 0.3) is 0 Å². The van der Waals surface area contributed by atoms with Gasteiger partial charge in [-0.2, -0.15) is 0 Å². The van der Waals surface area contributed by atoms with Gasteiger partial charge >= 0.3 is 0 Å². The molecule has 106 valence electrons. The number of hydrogen-bond acceptors (Lipinski definition) is 3. The molecule has 0 N–H and O–H groups in total. The van der Waals surface area contributed by atoms with E-state index in [1.165, 1.54) is 5.56 Å². The first kappa shape index (κ1) is 14.9. The van der Waals surface area contributed by atoms with E-state index in [-0.39, 0.29) is 0 Å². The Morgan fingerprint density at radius 2 is 1.75 bits per heavy atom. The first-order valence-electron chi connectivity index (χ1n) is 6.45. The number of benzene rings is 1. The van der Waals surface area contributed by atoms with Crippen molar-refractivity contribution in [2.75, 3.05) is 19.1 Å². The molecule has 20 heavy (non-hydrogen) atoms. The quantitative estimate of drug-likeness (QED) is 0.823. The van der Waals surface area contributed by atoms with Crippen molar-refractivity contribution in [2.45, 2.75) is 20.8 Å². The minimum atomic E-state index is 0.916. The maximum Gasteiger partial charge on any atom is 0.132 e. The molecule has 0 saturated heterocycles. The van der Waals surface area contributed by atoms with Crippen molar-refractivity contribution in [2.24, 2.45) is 0 Å². The van der Waals surface area contributed by atoms with Crippen LogP contribution in [-0.2, 0) is 0 Å². The summed E-state index contributed by atoms with van der Waals surface area (Å²) in [7, 11) is 3.73. The summed E-state index contributed by atoms with van der Waals surface area (Å²) in [6.45, 7) is 6.20. The van der Waals surface area contributed by atoms with Gasteiger partial charge in [-0.1, -0.05) is 0 Å². The van der Waals surface area contributed by atoms with Crippen LogP contribution in [0.3, 0.4) is 0 Å². The number of ether oxygens (including phenoxy) is 1. The Bertz CT molecular complexity index is 641. The maximum atomic E-state index is 5.36. The highest BCUT2D eigenvalue weighted by Crippen LogP contribution is 2.32. The van der Waals surface area contributed by atoms with Crippen LogP contribution in [0.5, 0.6) is 5.75 Å². The van der Waals surface area contributed by atoms with Crippen molar-refractivity contribution in [1.82, 2.24) is 4.98 Å². The molecule has 0 fully saturated rings. The number of nitrogens with zero attached hydrogens (tertiary/aromatic N) is 2. The van der Waals surface area contributed by atoms with Crippen molar-refractivity contribution >= 4 is 27.4 Å². The number of rotatable bonds is 3. The third kappa shape index (κ3) is 2.80. The average Bonchev–Trinajstić information content (AvgIpc) is 2.43. The molecule has 0 radical (unpaired) electrons. The van der Waals surface area contributed by atoms with Gasteiger partial charge in [0.1, 0.15) is 11.6 Å². The van der Waals surface area contributed by atoms with E-state index < -0.39 is 0 Å². The van der Waals surface area contributed by atoms with Gasteiger partial charge in [0.15, 0.2) is 0 Å². The molecule has 0 aliphatic heterocycles. The molecule has 0 spiro atoms. The monoisotopic (exact) mass is 334 g/mol. The number of methoxy groups -OCH3 is 1. The highest BCUT2D eigenvalue weighted by molar-refractivity contribution is 9.10. The molecule has 0 atom stereocenters. The molecule has 0 aliphatic carbocycles. The van der Waals surface area contributed by atoms with Crippen molar-refractivity contribution in [1.29, 1.82) is 0 Å². The van der Waals surface area contributed by atoms with E-state index in [0.29, 0.717) is 0 Å². The lowest BCUT2D eigenvalue weighted by atomic mass is 10.1. The van der Waals surface area contributed by atoms with Crippen molar-refractivity contribution in [3.8, 4) is 5.75 Å². The topological polar surface area (TPSA) is 25.4 Å². The van der Waals surface area contributed by atoms with E-state index in [0.717, 1.165) is 32.9 Å². The van der Waals surface area contributed by atoms with Crippen LogP contribution >= 0.6 is 15.9 Å². The number of anilines is 2. The van der Waals surface area contributed by atoms with E-state index in [1.807, 2.05) is 13.2 Å². The molecule has 4 heteroatoms. The van der Waals surface area contributed by atoms with Gasteiger partial charge in [-0.25, -0.2) is 4.98 Å². The van der Waals surface area contributed by atoms with Gasteiger partial charge in [-0.05, 0) is 71.6 Å². The van der Waals surface area contributed by atoms with E-state index >= 15 is 0 Å². The molecule has 0 bridgehead atoms. The Morgan fingerprint density at radius 1 is 1.05 bits per heavy atom. The highest BCUT2D eigenvalue weighted by atomic mass is 79.9. The van der Waals surface area contributed by atoms with Crippen LogP contribution in [0.4, 0.5) is 11.5 Å². The van der Waals surface area contributed by atoms with E-state index in [2.05, 4.69) is 64.8 Å². The van der Waals surface area contributed by atoms with E-state index in [1.54, 1.807) is 7.11 Å². The number of hydrogen-bond donors (Lipinski definition) is 0. The van der Waals surface area contributed by atoms with Crippen LogP contribution in [0.15, 0.2) is 28.9 Å². The standard InChI is InChI=1S/C16H19BrN2O/c1-10-8-16(18-9-13(10)17)19(4)14-6-12(3)15(20-5)7-11(14)2/h6-9H,1-5H3. The third-order valence-corrected chi connectivity index (χ3v) is 4.28. The summed E-state index contributed by atoms with van der Waals surface area (Å²) in [5.41, 5.74) is 4.59. The molecular weight excluding hydrogens is 316 g/mol. The summed E-state index contributed by atoms with van der Waals surface area (Å²) in [5, 5.41) is 0. The molecule has 2 rings (SSSR count). The van der Waals surface area contributed by atoms with Gasteiger partial charge in [0.05, 0.1) is 7.11 Å². The lowest BCUT2D eigenvalue weighted by Gasteiger charge is -2.22. The number of aromatic nitrogens is 1. The Labute approximate surface area is 128 Å². The predicted octanol–water partition coefficient (Wildman–Crippen LogP) is 4.55. The Balaban J connectivity index is 2.45. The molecule has 0 saturated carbocycles. The van der Waals surface area contributed by atoms with Gasteiger partial charge < -0.3 is 9.64 Å². The van der Waals surface area contributed by atoms with Crippen LogP contribution in [0.2, 0.25) is 0 Å². The fourth-order valence-electron chi connectivity index (χ4n) is 2.19. The van der Waals surface area contributed by atoms with Crippen LogP contribution in [0, 0.1) is 20.8 Å². The van der Waals surface area contributed by atoms with E-state index in [9.17, 15) is 0 Å². The molecule has 0 aliphatic rings. The average molecular weight is 335 g/mol. The SMILES string of the molecule is COc1cc(C)c(N(C)c2cc(C)c(Br)cn2)cc1C. The fraction of sp³-hybridized carbons (Fsp3) is 0.312. The number of pyridine rings is 1. The molecule has 0 amide bonds. The Hall–Kier alpha value is -1.55. The largest absolute Gasteiger partial charge is 0.496 e. The molecular formula is C16H19BrN2O. The zero-order chi connectivity index (χ0) is 14.9. The lowest BCUT2D eigenvalue weighted by molar-refractivity contribution is 0.411. The molecule has 1 heterocycles. The lowest BCUT2D eigenvalue weighted by Crippen LogP contribution is -2.13. The highest BCUT2D eigenvalue weighted by Gasteiger charge is 2.12. The molecule has 3 nitrogen and oxygen atoms in total. The second-order valence-corrected chi connectivity index (χ2v) is 5.81. The summed E-state index contributed by atoms with van der Waals surface area (Å²) in [6, 6.07) is 6.27. The third-order valence-electron chi connectivity index (χ3n) is 3.45. The van der Waals surface area contributed by atoms with Gasteiger partial charge in [0.25, 0.3) is 0 Å². The fourth-order valence-corrected chi connectivity index (χ4v) is 2.40. The van der Waals surface area contributed by atoms with Gasteiger partial charge in [-0.15, -0.1) is 0 Å².